The fourth-order valence-corrected chi connectivity index (χ4v) is 0.859. The maximum atomic E-state index is 11.3. The van der Waals surface area contributed by atoms with Crippen LogP contribution >= 0.6 is 0 Å². The molecule has 0 saturated carbocycles. The van der Waals surface area contributed by atoms with Gasteiger partial charge in [-0.1, -0.05) is 20.8 Å². The highest BCUT2D eigenvalue weighted by Crippen LogP contribution is 2.23. The molecule has 0 heterocycles. The second-order valence-electron chi connectivity index (χ2n) is 3.71. The van der Waals surface area contributed by atoms with E-state index in [-0.39, 0.29) is 11.3 Å². The SMILES string of the molecule is CCNC(=O)[C@@H](N)C(C)(C)CC. The van der Waals surface area contributed by atoms with E-state index in [1.165, 1.54) is 0 Å². The fraction of sp³-hybridized carbons (Fsp3) is 0.889. The van der Waals surface area contributed by atoms with E-state index >= 15 is 0 Å². The minimum atomic E-state index is -0.401. The number of hydrogen-bond donors (Lipinski definition) is 2. The smallest absolute Gasteiger partial charge is 0.237 e. The second kappa shape index (κ2) is 4.45. The van der Waals surface area contributed by atoms with Crippen molar-refractivity contribution in [3.8, 4) is 0 Å². The Kier molecular flexibility index (Phi) is 4.24. The first-order valence-corrected chi connectivity index (χ1v) is 4.49. The Bertz CT molecular complexity index is 155. The topological polar surface area (TPSA) is 55.1 Å². The molecule has 0 fully saturated rings. The molecule has 0 aliphatic rings. The summed E-state index contributed by atoms with van der Waals surface area (Å²) < 4.78 is 0. The summed E-state index contributed by atoms with van der Waals surface area (Å²) in [6.07, 6.45) is 0.908. The molecule has 3 nitrogen and oxygen atoms in total. The maximum absolute atomic E-state index is 11.3. The summed E-state index contributed by atoms with van der Waals surface area (Å²) in [6, 6.07) is -0.401. The average molecular weight is 172 g/mol. The van der Waals surface area contributed by atoms with Crippen LogP contribution in [0, 0.1) is 5.41 Å². The highest BCUT2D eigenvalue weighted by molar-refractivity contribution is 5.82. The van der Waals surface area contributed by atoms with Gasteiger partial charge in [-0.2, -0.15) is 0 Å². The van der Waals surface area contributed by atoms with Crippen molar-refractivity contribution >= 4 is 5.91 Å². The first-order valence-electron chi connectivity index (χ1n) is 4.49. The number of rotatable bonds is 4. The third-order valence-electron chi connectivity index (χ3n) is 2.39. The van der Waals surface area contributed by atoms with Crippen molar-refractivity contribution in [3.63, 3.8) is 0 Å². The second-order valence-corrected chi connectivity index (χ2v) is 3.71. The van der Waals surface area contributed by atoms with Gasteiger partial charge in [-0.05, 0) is 18.8 Å². The van der Waals surface area contributed by atoms with Crippen LogP contribution in [0.4, 0.5) is 0 Å². The molecule has 1 amide bonds. The lowest BCUT2D eigenvalue weighted by atomic mass is 9.82. The number of hydrogen-bond acceptors (Lipinski definition) is 2. The molecule has 0 aliphatic heterocycles. The van der Waals surface area contributed by atoms with Gasteiger partial charge in [0.25, 0.3) is 0 Å². The third kappa shape index (κ3) is 2.81. The summed E-state index contributed by atoms with van der Waals surface area (Å²) in [6.45, 7) is 8.59. The molecule has 12 heavy (non-hydrogen) atoms. The van der Waals surface area contributed by atoms with Crippen LogP contribution in [0.5, 0.6) is 0 Å². The van der Waals surface area contributed by atoms with Crippen LogP contribution in [0.15, 0.2) is 0 Å². The fourth-order valence-electron chi connectivity index (χ4n) is 0.859. The van der Waals surface area contributed by atoms with Crippen LogP contribution in [-0.2, 0) is 4.79 Å². The summed E-state index contributed by atoms with van der Waals surface area (Å²) in [5.74, 6) is -0.0515. The molecule has 0 spiro atoms. The van der Waals surface area contributed by atoms with Crippen molar-refractivity contribution in [1.29, 1.82) is 0 Å². The predicted octanol–water partition coefficient (Wildman–Crippen LogP) is 0.886. The van der Waals surface area contributed by atoms with E-state index in [1.807, 2.05) is 27.7 Å². The lowest BCUT2D eigenvalue weighted by Gasteiger charge is -2.28. The Balaban J connectivity index is 4.17. The van der Waals surface area contributed by atoms with Crippen molar-refractivity contribution < 1.29 is 4.79 Å². The molecule has 3 heteroatoms. The first-order chi connectivity index (χ1) is 5.45. The van der Waals surface area contributed by atoms with Crippen LogP contribution in [0.2, 0.25) is 0 Å². The van der Waals surface area contributed by atoms with Gasteiger partial charge in [0, 0.05) is 6.54 Å². The van der Waals surface area contributed by atoms with E-state index in [0.29, 0.717) is 6.54 Å². The quantitative estimate of drug-likeness (QED) is 0.661. The Hall–Kier alpha value is -0.570. The van der Waals surface area contributed by atoms with Gasteiger partial charge in [-0.25, -0.2) is 0 Å². The Morgan fingerprint density at radius 2 is 2.00 bits per heavy atom. The molecule has 0 rings (SSSR count). The van der Waals surface area contributed by atoms with Gasteiger partial charge >= 0.3 is 0 Å². The van der Waals surface area contributed by atoms with Crippen LogP contribution in [-0.4, -0.2) is 18.5 Å². The number of nitrogens with two attached hydrogens (primary N) is 1. The molecule has 0 unspecified atom stereocenters. The van der Waals surface area contributed by atoms with Crippen molar-refractivity contribution in [2.75, 3.05) is 6.54 Å². The molecule has 3 N–H and O–H groups in total. The average Bonchev–Trinajstić information content (AvgIpc) is 2.03. The summed E-state index contributed by atoms with van der Waals surface area (Å²) >= 11 is 0. The zero-order valence-corrected chi connectivity index (χ0v) is 8.48. The Morgan fingerprint density at radius 1 is 1.50 bits per heavy atom. The molecule has 0 aromatic carbocycles. The van der Waals surface area contributed by atoms with Gasteiger partial charge in [-0.15, -0.1) is 0 Å². The molecular formula is C9H20N2O. The highest BCUT2D eigenvalue weighted by atomic mass is 16.2. The van der Waals surface area contributed by atoms with E-state index in [4.69, 9.17) is 5.73 Å². The normalized spacial score (nSPS) is 14.1. The summed E-state index contributed by atoms with van der Waals surface area (Å²) in [5.41, 5.74) is 5.67. The van der Waals surface area contributed by atoms with E-state index < -0.39 is 6.04 Å². The number of carbonyl (C=O) groups excluding carboxylic acids is 1. The van der Waals surface area contributed by atoms with Gasteiger partial charge < -0.3 is 11.1 Å². The van der Waals surface area contributed by atoms with Gasteiger partial charge in [0.2, 0.25) is 5.91 Å². The number of likely N-dealkylation sites (N-methyl/N-ethyl adjacent to an activating group) is 1. The predicted molar refractivity (Wildman–Crippen MR) is 50.7 cm³/mol. The Morgan fingerprint density at radius 3 is 2.33 bits per heavy atom. The third-order valence-corrected chi connectivity index (χ3v) is 2.39. The minimum Gasteiger partial charge on any atom is -0.355 e. The zero-order valence-electron chi connectivity index (χ0n) is 8.48. The van der Waals surface area contributed by atoms with E-state index in [2.05, 4.69) is 5.32 Å². The summed E-state index contributed by atoms with van der Waals surface area (Å²) in [5, 5.41) is 2.72. The number of nitrogens with one attached hydrogen (secondary N) is 1. The lowest BCUT2D eigenvalue weighted by molar-refractivity contribution is -0.124. The van der Waals surface area contributed by atoms with Crippen LogP contribution < -0.4 is 11.1 Å². The highest BCUT2D eigenvalue weighted by Gasteiger charge is 2.29. The molecule has 0 radical (unpaired) electrons. The van der Waals surface area contributed by atoms with Crippen molar-refractivity contribution in [3.05, 3.63) is 0 Å². The van der Waals surface area contributed by atoms with Crippen LogP contribution in [0.3, 0.4) is 0 Å². The number of amides is 1. The molecule has 72 valence electrons. The zero-order chi connectivity index (χ0) is 9.78. The van der Waals surface area contributed by atoms with E-state index in [1.54, 1.807) is 0 Å². The summed E-state index contributed by atoms with van der Waals surface area (Å²) in [7, 11) is 0. The molecule has 0 aromatic heterocycles. The minimum absolute atomic E-state index is 0.0515. The van der Waals surface area contributed by atoms with E-state index in [9.17, 15) is 4.79 Å². The van der Waals surface area contributed by atoms with Gasteiger partial charge in [-0.3, -0.25) is 4.79 Å². The molecule has 0 aromatic rings. The van der Waals surface area contributed by atoms with E-state index in [0.717, 1.165) is 6.42 Å². The van der Waals surface area contributed by atoms with Crippen molar-refractivity contribution in [2.45, 2.75) is 40.2 Å². The largest absolute Gasteiger partial charge is 0.355 e. The standard InChI is InChI=1S/C9H20N2O/c1-5-9(3,4)7(10)8(12)11-6-2/h7H,5-6,10H2,1-4H3,(H,11,12)/t7-/m1/s1. The molecular weight excluding hydrogens is 152 g/mol. The molecule has 0 aliphatic carbocycles. The lowest BCUT2D eigenvalue weighted by Crippen LogP contribution is -2.49. The van der Waals surface area contributed by atoms with Gasteiger partial charge in [0.05, 0.1) is 6.04 Å². The van der Waals surface area contributed by atoms with Crippen molar-refractivity contribution in [1.82, 2.24) is 5.32 Å². The summed E-state index contributed by atoms with van der Waals surface area (Å²) in [4.78, 5) is 11.3. The Labute approximate surface area is 74.7 Å². The van der Waals surface area contributed by atoms with Gasteiger partial charge in [0.1, 0.15) is 0 Å². The maximum Gasteiger partial charge on any atom is 0.237 e. The molecule has 0 saturated heterocycles. The molecule has 1 atom stereocenters. The van der Waals surface area contributed by atoms with Crippen molar-refractivity contribution in [2.24, 2.45) is 11.1 Å². The monoisotopic (exact) mass is 172 g/mol. The first kappa shape index (κ1) is 11.4. The number of carbonyl (C=O) groups is 1. The van der Waals surface area contributed by atoms with Crippen LogP contribution in [0.25, 0.3) is 0 Å². The van der Waals surface area contributed by atoms with Crippen LogP contribution in [0.1, 0.15) is 34.1 Å². The van der Waals surface area contributed by atoms with Gasteiger partial charge in [0.15, 0.2) is 0 Å². The molecule has 0 bridgehead atoms.